The number of nitrogen functional groups attached to an aromatic ring is 1. The highest BCUT2D eigenvalue weighted by molar-refractivity contribution is 5.49. The number of anilines is 1. The van der Waals surface area contributed by atoms with Crippen molar-refractivity contribution in [3.63, 3.8) is 0 Å². The summed E-state index contributed by atoms with van der Waals surface area (Å²) in [4.78, 5) is 4.11. The summed E-state index contributed by atoms with van der Waals surface area (Å²) in [6.07, 6.45) is 2.79. The lowest BCUT2D eigenvalue weighted by atomic mass is 10.2. The fourth-order valence-corrected chi connectivity index (χ4v) is 1.25. The zero-order valence-corrected chi connectivity index (χ0v) is 6.86. The minimum absolute atomic E-state index is 0.330. The van der Waals surface area contributed by atoms with Crippen LogP contribution in [0, 0.1) is 0 Å². The standard InChI is InChI=1S/C8H10N4/c1-2-6-4-3-5-12-7(6)10-8(9)11-12/h3-5H,2H2,1H3,(H2,9,11). The Hall–Kier alpha value is -1.58. The van der Waals surface area contributed by atoms with E-state index >= 15 is 0 Å². The molecule has 2 rings (SSSR count). The molecular formula is C8H10N4. The van der Waals surface area contributed by atoms with Crippen molar-refractivity contribution in [1.82, 2.24) is 14.6 Å². The van der Waals surface area contributed by atoms with E-state index in [-0.39, 0.29) is 0 Å². The first-order chi connectivity index (χ1) is 5.81. The SMILES string of the molecule is CCc1cccn2nc(N)nc12. The molecule has 0 atom stereocenters. The van der Waals surface area contributed by atoms with Gasteiger partial charge in [-0.1, -0.05) is 13.0 Å². The minimum Gasteiger partial charge on any atom is -0.366 e. The number of hydrogen-bond donors (Lipinski definition) is 1. The van der Waals surface area contributed by atoms with E-state index in [0.717, 1.165) is 12.1 Å². The summed E-state index contributed by atoms with van der Waals surface area (Å²) >= 11 is 0. The Morgan fingerprint density at radius 3 is 3.17 bits per heavy atom. The molecule has 0 aliphatic carbocycles. The van der Waals surface area contributed by atoms with Crippen LogP contribution in [0.5, 0.6) is 0 Å². The number of rotatable bonds is 1. The molecule has 4 nitrogen and oxygen atoms in total. The third kappa shape index (κ3) is 0.922. The number of aryl methyl sites for hydroxylation is 1. The van der Waals surface area contributed by atoms with Crippen LogP contribution >= 0.6 is 0 Å². The average molecular weight is 162 g/mol. The van der Waals surface area contributed by atoms with Crippen molar-refractivity contribution in [3.8, 4) is 0 Å². The van der Waals surface area contributed by atoms with Crippen molar-refractivity contribution in [3.05, 3.63) is 23.9 Å². The van der Waals surface area contributed by atoms with Gasteiger partial charge in [0.25, 0.3) is 0 Å². The second-order valence-electron chi connectivity index (χ2n) is 2.63. The predicted octanol–water partition coefficient (Wildman–Crippen LogP) is 0.874. The highest BCUT2D eigenvalue weighted by atomic mass is 15.3. The monoisotopic (exact) mass is 162 g/mol. The molecule has 2 aromatic heterocycles. The molecule has 2 heterocycles. The molecule has 2 aromatic rings. The van der Waals surface area contributed by atoms with E-state index < -0.39 is 0 Å². The van der Waals surface area contributed by atoms with Gasteiger partial charge in [0.05, 0.1) is 0 Å². The van der Waals surface area contributed by atoms with Crippen LogP contribution in [-0.4, -0.2) is 14.6 Å². The van der Waals surface area contributed by atoms with Gasteiger partial charge in [0.2, 0.25) is 5.95 Å². The van der Waals surface area contributed by atoms with Crippen LogP contribution in [0.4, 0.5) is 5.95 Å². The predicted molar refractivity (Wildman–Crippen MR) is 46.8 cm³/mol. The summed E-state index contributed by atoms with van der Waals surface area (Å²) in [5.41, 5.74) is 7.50. The normalized spacial score (nSPS) is 10.8. The maximum absolute atomic E-state index is 5.47. The molecule has 0 bridgehead atoms. The molecule has 12 heavy (non-hydrogen) atoms. The van der Waals surface area contributed by atoms with Crippen molar-refractivity contribution in [2.75, 3.05) is 5.73 Å². The van der Waals surface area contributed by atoms with Crippen molar-refractivity contribution < 1.29 is 0 Å². The molecule has 0 unspecified atom stereocenters. The van der Waals surface area contributed by atoms with Crippen molar-refractivity contribution in [2.24, 2.45) is 0 Å². The highest BCUT2D eigenvalue weighted by Gasteiger charge is 2.02. The van der Waals surface area contributed by atoms with Crippen LogP contribution in [0.3, 0.4) is 0 Å². The Kier molecular flexibility index (Phi) is 1.46. The third-order valence-electron chi connectivity index (χ3n) is 1.84. The maximum Gasteiger partial charge on any atom is 0.240 e. The summed E-state index contributed by atoms with van der Waals surface area (Å²) in [5, 5.41) is 4.01. The lowest BCUT2D eigenvalue weighted by Crippen LogP contribution is -1.91. The lowest BCUT2D eigenvalue weighted by molar-refractivity contribution is 0.952. The quantitative estimate of drug-likeness (QED) is 0.677. The Labute approximate surface area is 70.0 Å². The van der Waals surface area contributed by atoms with Gasteiger partial charge in [-0.05, 0) is 18.1 Å². The number of nitrogens with zero attached hydrogens (tertiary/aromatic N) is 3. The Morgan fingerprint density at radius 1 is 1.58 bits per heavy atom. The molecule has 0 radical (unpaired) electrons. The number of nitrogens with two attached hydrogens (primary N) is 1. The molecular weight excluding hydrogens is 152 g/mol. The molecule has 2 N–H and O–H groups in total. The first-order valence-corrected chi connectivity index (χ1v) is 3.91. The molecule has 0 amide bonds. The van der Waals surface area contributed by atoms with Gasteiger partial charge in [0.15, 0.2) is 5.65 Å². The highest BCUT2D eigenvalue weighted by Crippen LogP contribution is 2.09. The minimum atomic E-state index is 0.330. The van der Waals surface area contributed by atoms with Crippen LogP contribution in [0.2, 0.25) is 0 Å². The van der Waals surface area contributed by atoms with E-state index in [9.17, 15) is 0 Å². The zero-order chi connectivity index (χ0) is 8.55. The van der Waals surface area contributed by atoms with Crippen molar-refractivity contribution in [2.45, 2.75) is 13.3 Å². The Balaban J connectivity index is 2.78. The fraction of sp³-hybridized carbons (Fsp3) is 0.250. The molecule has 0 aliphatic rings. The third-order valence-corrected chi connectivity index (χ3v) is 1.84. The lowest BCUT2D eigenvalue weighted by Gasteiger charge is -1.96. The van der Waals surface area contributed by atoms with Gasteiger partial charge in [-0.2, -0.15) is 4.98 Å². The van der Waals surface area contributed by atoms with Gasteiger partial charge < -0.3 is 5.73 Å². The first-order valence-electron chi connectivity index (χ1n) is 3.91. The second-order valence-corrected chi connectivity index (χ2v) is 2.63. The van der Waals surface area contributed by atoms with Crippen molar-refractivity contribution >= 4 is 11.6 Å². The topological polar surface area (TPSA) is 56.2 Å². The van der Waals surface area contributed by atoms with Crippen LogP contribution < -0.4 is 5.73 Å². The van der Waals surface area contributed by atoms with Gasteiger partial charge in [0.1, 0.15) is 0 Å². The van der Waals surface area contributed by atoms with E-state index in [2.05, 4.69) is 17.0 Å². The van der Waals surface area contributed by atoms with E-state index in [1.165, 1.54) is 5.56 Å². The van der Waals surface area contributed by atoms with Gasteiger partial charge in [-0.15, -0.1) is 5.10 Å². The largest absolute Gasteiger partial charge is 0.366 e. The van der Waals surface area contributed by atoms with Gasteiger partial charge in [0, 0.05) is 6.20 Å². The van der Waals surface area contributed by atoms with Crippen molar-refractivity contribution in [1.29, 1.82) is 0 Å². The second kappa shape index (κ2) is 2.48. The molecule has 0 aromatic carbocycles. The van der Waals surface area contributed by atoms with E-state index in [4.69, 9.17) is 5.73 Å². The molecule has 4 heteroatoms. The summed E-state index contributed by atoms with van der Waals surface area (Å²) in [6.45, 7) is 2.08. The number of fused-ring (bicyclic) bond motifs is 1. The summed E-state index contributed by atoms with van der Waals surface area (Å²) in [6, 6.07) is 3.98. The number of hydrogen-bond acceptors (Lipinski definition) is 3. The van der Waals surface area contributed by atoms with E-state index in [1.807, 2.05) is 18.3 Å². The van der Waals surface area contributed by atoms with E-state index in [1.54, 1.807) is 4.52 Å². The first kappa shape index (κ1) is 7.09. The van der Waals surface area contributed by atoms with Crippen LogP contribution in [-0.2, 0) is 6.42 Å². The molecule has 0 saturated carbocycles. The van der Waals surface area contributed by atoms with E-state index in [0.29, 0.717) is 5.95 Å². The number of aromatic nitrogens is 3. The Morgan fingerprint density at radius 2 is 2.42 bits per heavy atom. The van der Waals surface area contributed by atoms with Gasteiger partial charge in [-0.3, -0.25) is 0 Å². The Bertz CT molecular complexity index is 404. The summed E-state index contributed by atoms with van der Waals surface area (Å²) in [5.74, 6) is 0.330. The van der Waals surface area contributed by atoms with Gasteiger partial charge >= 0.3 is 0 Å². The zero-order valence-electron chi connectivity index (χ0n) is 6.86. The maximum atomic E-state index is 5.47. The molecule has 0 spiro atoms. The number of pyridine rings is 1. The van der Waals surface area contributed by atoms with Crippen LogP contribution in [0.1, 0.15) is 12.5 Å². The summed E-state index contributed by atoms with van der Waals surface area (Å²) in [7, 11) is 0. The van der Waals surface area contributed by atoms with Crippen LogP contribution in [0.25, 0.3) is 5.65 Å². The molecule has 62 valence electrons. The van der Waals surface area contributed by atoms with Crippen LogP contribution in [0.15, 0.2) is 18.3 Å². The van der Waals surface area contributed by atoms with Gasteiger partial charge in [-0.25, -0.2) is 4.52 Å². The smallest absolute Gasteiger partial charge is 0.240 e. The molecule has 0 aliphatic heterocycles. The summed E-state index contributed by atoms with van der Waals surface area (Å²) < 4.78 is 1.70. The molecule has 0 fully saturated rings. The fourth-order valence-electron chi connectivity index (χ4n) is 1.25. The average Bonchev–Trinajstić information content (AvgIpc) is 2.44. The molecule has 0 saturated heterocycles.